The van der Waals surface area contributed by atoms with Gasteiger partial charge in [0.1, 0.15) is 0 Å². The summed E-state index contributed by atoms with van der Waals surface area (Å²) in [6.45, 7) is 0.864. The third-order valence-corrected chi connectivity index (χ3v) is 5.82. The number of alkyl halides is 2. The molecule has 4 rings (SSSR count). The zero-order chi connectivity index (χ0) is 17.4. The molecular weight excluding hydrogens is 320 g/mol. The van der Waals surface area contributed by atoms with Crippen LogP contribution in [0.25, 0.3) is 0 Å². The van der Waals surface area contributed by atoms with Crippen molar-refractivity contribution in [1.82, 2.24) is 4.90 Å². The van der Waals surface area contributed by atoms with Crippen LogP contribution in [0.3, 0.4) is 0 Å². The SMILES string of the molecule is OC1(c2ccccc2C(F)F)CC2CCC(C1)N2Cc1ccccc1. The van der Waals surface area contributed by atoms with Crippen LogP contribution in [0.5, 0.6) is 0 Å². The highest BCUT2D eigenvalue weighted by Crippen LogP contribution is 2.47. The zero-order valence-electron chi connectivity index (χ0n) is 14.1. The number of piperidine rings is 1. The van der Waals surface area contributed by atoms with E-state index in [1.165, 1.54) is 11.6 Å². The fraction of sp³-hybridized carbons (Fsp3) is 0.429. The van der Waals surface area contributed by atoms with Gasteiger partial charge in [0.25, 0.3) is 6.43 Å². The number of hydrogen-bond donors (Lipinski definition) is 1. The van der Waals surface area contributed by atoms with Gasteiger partial charge in [-0.1, -0.05) is 54.6 Å². The van der Waals surface area contributed by atoms with Crippen molar-refractivity contribution in [3.63, 3.8) is 0 Å². The lowest BCUT2D eigenvalue weighted by Crippen LogP contribution is -2.49. The van der Waals surface area contributed by atoms with Crippen molar-refractivity contribution in [3.05, 3.63) is 71.3 Å². The van der Waals surface area contributed by atoms with Gasteiger partial charge in [-0.25, -0.2) is 8.78 Å². The Morgan fingerprint density at radius 3 is 2.20 bits per heavy atom. The number of hydrogen-bond acceptors (Lipinski definition) is 2. The van der Waals surface area contributed by atoms with Crippen molar-refractivity contribution in [2.45, 2.75) is 56.3 Å². The molecule has 0 amide bonds. The molecule has 2 aliphatic heterocycles. The van der Waals surface area contributed by atoms with Gasteiger partial charge in [0.2, 0.25) is 0 Å². The molecule has 0 aliphatic carbocycles. The summed E-state index contributed by atoms with van der Waals surface area (Å²) in [6, 6.07) is 17.3. The van der Waals surface area contributed by atoms with E-state index in [9.17, 15) is 13.9 Å². The molecule has 2 bridgehead atoms. The highest BCUT2D eigenvalue weighted by molar-refractivity contribution is 5.35. The van der Waals surface area contributed by atoms with Gasteiger partial charge >= 0.3 is 0 Å². The molecule has 132 valence electrons. The van der Waals surface area contributed by atoms with E-state index in [4.69, 9.17) is 0 Å². The van der Waals surface area contributed by atoms with Crippen LogP contribution >= 0.6 is 0 Å². The van der Waals surface area contributed by atoms with E-state index in [2.05, 4.69) is 17.0 Å². The number of fused-ring (bicyclic) bond motifs is 2. The van der Waals surface area contributed by atoms with Crippen molar-refractivity contribution < 1.29 is 13.9 Å². The average Bonchev–Trinajstić information content (AvgIpc) is 2.86. The Labute approximate surface area is 147 Å². The molecule has 2 nitrogen and oxygen atoms in total. The summed E-state index contributed by atoms with van der Waals surface area (Å²) < 4.78 is 26.8. The predicted molar refractivity (Wildman–Crippen MR) is 93.3 cm³/mol. The van der Waals surface area contributed by atoms with Gasteiger partial charge in [-0.15, -0.1) is 0 Å². The number of rotatable bonds is 4. The molecule has 0 aromatic heterocycles. The van der Waals surface area contributed by atoms with E-state index in [0.29, 0.717) is 18.4 Å². The van der Waals surface area contributed by atoms with Gasteiger partial charge in [0.15, 0.2) is 0 Å². The monoisotopic (exact) mass is 343 g/mol. The van der Waals surface area contributed by atoms with Gasteiger partial charge in [0.05, 0.1) is 5.60 Å². The minimum absolute atomic E-state index is 0.0269. The van der Waals surface area contributed by atoms with Gasteiger partial charge in [-0.3, -0.25) is 4.90 Å². The smallest absolute Gasteiger partial charge is 0.264 e. The van der Waals surface area contributed by atoms with Crippen molar-refractivity contribution >= 4 is 0 Å². The Hall–Kier alpha value is -1.78. The minimum atomic E-state index is -2.56. The van der Waals surface area contributed by atoms with E-state index >= 15 is 0 Å². The summed E-state index contributed by atoms with van der Waals surface area (Å²) in [4.78, 5) is 2.45. The maximum atomic E-state index is 13.4. The summed E-state index contributed by atoms with van der Waals surface area (Å²) in [5.41, 5.74) is 0.506. The van der Waals surface area contributed by atoms with Crippen LogP contribution in [-0.2, 0) is 12.1 Å². The lowest BCUT2D eigenvalue weighted by molar-refractivity contribution is -0.0615. The maximum Gasteiger partial charge on any atom is 0.264 e. The molecule has 0 spiro atoms. The van der Waals surface area contributed by atoms with E-state index in [-0.39, 0.29) is 17.6 Å². The standard InChI is InChI=1S/C21H23F2NO/c22-20(23)18-8-4-5-9-19(18)21(25)12-16-10-11-17(13-21)24(16)14-15-6-2-1-3-7-15/h1-9,16-17,20,25H,10-14H2. The van der Waals surface area contributed by atoms with Gasteiger partial charge < -0.3 is 5.11 Å². The third kappa shape index (κ3) is 3.09. The van der Waals surface area contributed by atoms with Crippen LogP contribution in [0.2, 0.25) is 0 Å². The lowest BCUT2D eigenvalue weighted by Gasteiger charge is -2.44. The number of halogens is 2. The second kappa shape index (κ2) is 6.50. The fourth-order valence-electron chi connectivity index (χ4n) is 4.70. The molecule has 2 aliphatic rings. The summed E-state index contributed by atoms with van der Waals surface area (Å²) in [6.07, 6.45) is 0.549. The van der Waals surface area contributed by atoms with Crippen LogP contribution in [0.1, 0.15) is 48.8 Å². The first-order valence-electron chi connectivity index (χ1n) is 8.96. The van der Waals surface area contributed by atoms with Gasteiger partial charge in [-0.2, -0.15) is 0 Å². The number of nitrogens with zero attached hydrogens (tertiary/aromatic N) is 1. The highest BCUT2D eigenvalue weighted by atomic mass is 19.3. The van der Waals surface area contributed by atoms with E-state index in [1.54, 1.807) is 18.2 Å². The lowest BCUT2D eigenvalue weighted by atomic mass is 9.78. The first kappa shape index (κ1) is 16.7. The fourth-order valence-corrected chi connectivity index (χ4v) is 4.70. The van der Waals surface area contributed by atoms with Crippen molar-refractivity contribution in [1.29, 1.82) is 0 Å². The maximum absolute atomic E-state index is 13.4. The van der Waals surface area contributed by atoms with Crippen molar-refractivity contribution in [2.75, 3.05) is 0 Å². The molecule has 2 saturated heterocycles. The molecule has 0 radical (unpaired) electrons. The van der Waals surface area contributed by atoms with Crippen LogP contribution < -0.4 is 0 Å². The Morgan fingerprint density at radius 2 is 1.56 bits per heavy atom. The molecule has 4 heteroatoms. The zero-order valence-corrected chi connectivity index (χ0v) is 14.1. The second-order valence-corrected chi connectivity index (χ2v) is 7.37. The first-order chi connectivity index (χ1) is 12.1. The molecule has 2 heterocycles. The molecule has 2 unspecified atom stereocenters. The number of benzene rings is 2. The molecule has 25 heavy (non-hydrogen) atoms. The van der Waals surface area contributed by atoms with Crippen LogP contribution in [0, 0.1) is 0 Å². The third-order valence-electron chi connectivity index (χ3n) is 5.82. The predicted octanol–water partition coefficient (Wildman–Crippen LogP) is 4.64. The average molecular weight is 343 g/mol. The van der Waals surface area contributed by atoms with E-state index < -0.39 is 12.0 Å². The molecule has 0 saturated carbocycles. The van der Waals surface area contributed by atoms with Crippen LogP contribution in [0.15, 0.2) is 54.6 Å². The number of aliphatic hydroxyl groups is 1. The van der Waals surface area contributed by atoms with Crippen molar-refractivity contribution in [2.24, 2.45) is 0 Å². The Kier molecular flexibility index (Phi) is 4.34. The van der Waals surface area contributed by atoms with Crippen LogP contribution in [-0.4, -0.2) is 22.1 Å². The Bertz CT molecular complexity index is 720. The molecule has 1 N–H and O–H groups in total. The summed E-state index contributed by atoms with van der Waals surface area (Å²) in [5.74, 6) is 0. The van der Waals surface area contributed by atoms with E-state index in [0.717, 1.165) is 19.4 Å². The summed E-state index contributed by atoms with van der Waals surface area (Å²) in [5, 5.41) is 11.3. The summed E-state index contributed by atoms with van der Waals surface area (Å²) >= 11 is 0. The molecular formula is C21H23F2NO. The minimum Gasteiger partial charge on any atom is -0.385 e. The molecule has 2 aromatic carbocycles. The Morgan fingerprint density at radius 1 is 0.960 bits per heavy atom. The normalized spacial score (nSPS) is 29.3. The van der Waals surface area contributed by atoms with Crippen LogP contribution in [0.4, 0.5) is 8.78 Å². The first-order valence-corrected chi connectivity index (χ1v) is 8.96. The topological polar surface area (TPSA) is 23.5 Å². The van der Waals surface area contributed by atoms with Gasteiger partial charge in [-0.05, 0) is 36.8 Å². The van der Waals surface area contributed by atoms with Gasteiger partial charge in [0, 0.05) is 24.2 Å². The van der Waals surface area contributed by atoms with E-state index in [1.807, 2.05) is 18.2 Å². The highest BCUT2D eigenvalue weighted by Gasteiger charge is 2.49. The second-order valence-electron chi connectivity index (χ2n) is 7.37. The summed E-state index contributed by atoms with van der Waals surface area (Å²) in [7, 11) is 0. The molecule has 2 aromatic rings. The largest absolute Gasteiger partial charge is 0.385 e. The molecule has 2 fully saturated rings. The quantitative estimate of drug-likeness (QED) is 0.874. The Balaban J connectivity index is 1.59. The molecule has 2 atom stereocenters. The van der Waals surface area contributed by atoms with Crippen molar-refractivity contribution in [3.8, 4) is 0 Å².